The molecule has 4 saturated heterocycles. The molecule has 110 valence electrons. The molecule has 4 heterocycles. The summed E-state index contributed by atoms with van der Waals surface area (Å²) in [6.07, 6.45) is 3.87. The molecule has 2 bridgehead atoms. The van der Waals surface area contributed by atoms with Crippen LogP contribution in [-0.2, 0) is 13.3 Å². The smallest absolute Gasteiger partial charge is 0.372 e. The highest BCUT2D eigenvalue weighted by Crippen LogP contribution is 2.22. The third-order valence-corrected chi connectivity index (χ3v) is 7.24. The van der Waals surface area contributed by atoms with Crippen LogP contribution in [0.3, 0.4) is 0 Å². The van der Waals surface area contributed by atoms with E-state index in [9.17, 15) is 0 Å². The van der Waals surface area contributed by atoms with Crippen molar-refractivity contribution in [3.05, 3.63) is 0 Å². The van der Waals surface area contributed by atoms with Gasteiger partial charge in [0.25, 0.3) is 0 Å². The Morgan fingerprint density at radius 2 is 1.37 bits per heavy atom. The first kappa shape index (κ1) is 14.0. The summed E-state index contributed by atoms with van der Waals surface area (Å²) in [5.74, 6) is 0. The van der Waals surface area contributed by atoms with E-state index < -0.39 is 8.80 Å². The topological polar surface area (TPSA) is 34.2 Å². The zero-order chi connectivity index (χ0) is 13.0. The largest absolute Gasteiger partial charge is 0.501 e. The van der Waals surface area contributed by atoms with Gasteiger partial charge in [0.2, 0.25) is 0 Å². The molecule has 0 atom stereocenters. The van der Waals surface area contributed by atoms with Crippen LogP contribution in [0.5, 0.6) is 0 Å². The van der Waals surface area contributed by atoms with E-state index in [4.69, 9.17) is 13.3 Å². The minimum Gasteiger partial charge on any atom is -0.372 e. The Kier molecular flexibility index (Phi) is 4.89. The average molecular weight is 286 g/mol. The average Bonchev–Trinajstić information content (AvgIpc) is 2.82. The van der Waals surface area contributed by atoms with Crippen LogP contribution in [0.25, 0.3) is 0 Å². The van der Waals surface area contributed by atoms with Gasteiger partial charge in [0, 0.05) is 25.7 Å². The number of hydrogen-bond donors (Lipinski definition) is 0. The summed E-state index contributed by atoms with van der Waals surface area (Å²) in [5, 5.41) is 0. The third kappa shape index (κ3) is 3.77. The molecular weight excluding hydrogens is 260 g/mol. The summed E-state index contributed by atoms with van der Waals surface area (Å²) in [6, 6.07) is 0.990. The van der Waals surface area contributed by atoms with Gasteiger partial charge in [0.1, 0.15) is 0 Å². The van der Waals surface area contributed by atoms with Crippen LogP contribution in [-0.4, -0.2) is 77.7 Å². The Balaban J connectivity index is 1.50. The van der Waals surface area contributed by atoms with Gasteiger partial charge in [-0.1, -0.05) is 0 Å². The van der Waals surface area contributed by atoms with E-state index in [2.05, 4.69) is 9.80 Å². The minimum atomic E-state index is -2.35. The molecule has 5 nitrogen and oxygen atoms in total. The monoisotopic (exact) mass is 286 g/mol. The summed E-state index contributed by atoms with van der Waals surface area (Å²) in [4.78, 5) is 4.92. The Hall–Kier alpha value is 0.0169. The van der Waals surface area contributed by atoms with Gasteiger partial charge in [-0.3, -0.25) is 4.90 Å². The fraction of sp³-hybridized carbons (Fsp3) is 1.00. The van der Waals surface area contributed by atoms with Crippen LogP contribution in [0, 0.1) is 0 Å². The Morgan fingerprint density at radius 3 is 1.95 bits per heavy atom. The predicted molar refractivity (Wildman–Crippen MR) is 75.1 cm³/mol. The molecule has 0 saturated carbocycles. The maximum atomic E-state index is 6.04. The van der Waals surface area contributed by atoms with Crippen LogP contribution >= 0.6 is 0 Å². The fourth-order valence-corrected chi connectivity index (χ4v) is 5.67. The van der Waals surface area contributed by atoms with Crippen LogP contribution < -0.4 is 0 Å². The zero-order valence-corrected chi connectivity index (χ0v) is 12.8. The number of hydrogen-bond acceptors (Lipinski definition) is 5. The highest BCUT2D eigenvalue weighted by Gasteiger charge is 2.43. The van der Waals surface area contributed by atoms with E-state index in [1.54, 1.807) is 0 Å². The van der Waals surface area contributed by atoms with Crippen molar-refractivity contribution in [2.75, 3.05) is 59.1 Å². The van der Waals surface area contributed by atoms with E-state index in [0.717, 1.165) is 51.9 Å². The zero-order valence-electron chi connectivity index (χ0n) is 11.8. The van der Waals surface area contributed by atoms with Gasteiger partial charge < -0.3 is 18.2 Å². The van der Waals surface area contributed by atoms with Crippen molar-refractivity contribution in [3.63, 3.8) is 0 Å². The van der Waals surface area contributed by atoms with Crippen molar-refractivity contribution in [3.8, 4) is 0 Å². The molecule has 6 heteroatoms. The van der Waals surface area contributed by atoms with Crippen LogP contribution in [0.1, 0.15) is 19.3 Å². The normalized spacial score (nSPS) is 36.9. The van der Waals surface area contributed by atoms with Crippen molar-refractivity contribution in [2.45, 2.75) is 25.3 Å². The van der Waals surface area contributed by atoms with Gasteiger partial charge in [0.05, 0.1) is 19.8 Å². The maximum absolute atomic E-state index is 6.04. The second-order valence-corrected chi connectivity index (χ2v) is 8.45. The summed E-state index contributed by atoms with van der Waals surface area (Å²) in [5.41, 5.74) is 0. The third-order valence-electron chi connectivity index (χ3n) is 4.34. The van der Waals surface area contributed by atoms with Crippen LogP contribution in [0.15, 0.2) is 0 Å². The van der Waals surface area contributed by atoms with Crippen molar-refractivity contribution >= 4 is 8.80 Å². The second kappa shape index (κ2) is 6.65. The van der Waals surface area contributed by atoms with Gasteiger partial charge in [-0.25, -0.2) is 0 Å². The molecular formula is C13H26N2O3Si. The van der Waals surface area contributed by atoms with E-state index in [1.165, 1.54) is 32.5 Å². The lowest BCUT2D eigenvalue weighted by atomic mass is 10.4. The quantitative estimate of drug-likeness (QED) is 0.714. The molecule has 4 fully saturated rings. The van der Waals surface area contributed by atoms with Crippen molar-refractivity contribution in [2.24, 2.45) is 0 Å². The van der Waals surface area contributed by atoms with E-state index in [1.807, 2.05) is 0 Å². The first-order valence-electron chi connectivity index (χ1n) is 7.73. The van der Waals surface area contributed by atoms with E-state index in [0.29, 0.717) is 0 Å². The summed E-state index contributed by atoms with van der Waals surface area (Å²) >= 11 is 0. The number of nitrogens with zero attached hydrogens (tertiary/aromatic N) is 2. The fourth-order valence-electron chi connectivity index (χ4n) is 3.19. The Labute approximate surface area is 117 Å². The van der Waals surface area contributed by atoms with Gasteiger partial charge in [0.15, 0.2) is 0 Å². The number of fused-ring (bicyclic) bond motifs is 6. The molecule has 0 amide bonds. The molecule has 0 N–H and O–H groups in total. The molecule has 4 rings (SSSR count). The van der Waals surface area contributed by atoms with Crippen molar-refractivity contribution in [1.29, 1.82) is 0 Å². The molecule has 0 unspecified atom stereocenters. The molecule has 0 radical (unpaired) electrons. The molecule has 0 aromatic rings. The van der Waals surface area contributed by atoms with E-state index in [-0.39, 0.29) is 0 Å². The molecule has 4 aliphatic rings. The first-order chi connectivity index (χ1) is 9.36. The molecule has 0 aromatic carbocycles. The summed E-state index contributed by atoms with van der Waals surface area (Å²) in [6.45, 7) is 9.14. The molecule has 19 heavy (non-hydrogen) atoms. The van der Waals surface area contributed by atoms with E-state index >= 15 is 0 Å². The highest BCUT2D eigenvalue weighted by molar-refractivity contribution is 6.60. The van der Waals surface area contributed by atoms with Gasteiger partial charge in [-0.2, -0.15) is 0 Å². The minimum absolute atomic E-state index is 0.774. The second-order valence-electron chi connectivity index (χ2n) is 5.72. The van der Waals surface area contributed by atoms with Crippen molar-refractivity contribution in [1.82, 2.24) is 9.80 Å². The first-order valence-corrected chi connectivity index (χ1v) is 9.66. The number of likely N-dealkylation sites (tertiary alicyclic amines) is 1. The molecule has 0 aliphatic carbocycles. The summed E-state index contributed by atoms with van der Waals surface area (Å²) in [7, 11) is -2.35. The molecule has 0 spiro atoms. The lowest BCUT2D eigenvalue weighted by Gasteiger charge is -2.38. The standard InChI is InChI=1S/C13H26N2O3Si/c1-2-5-14(4-1)6-3-13-19-16-10-7-15(8-11-17-19)9-12-18-19/h1-13H2. The van der Waals surface area contributed by atoms with Gasteiger partial charge in [-0.05, 0) is 38.9 Å². The van der Waals surface area contributed by atoms with Gasteiger partial charge in [-0.15, -0.1) is 0 Å². The number of rotatable bonds is 4. The molecule has 4 aliphatic heterocycles. The van der Waals surface area contributed by atoms with Crippen LogP contribution in [0.4, 0.5) is 0 Å². The predicted octanol–water partition coefficient (Wildman–Crippen LogP) is 0.790. The van der Waals surface area contributed by atoms with Crippen molar-refractivity contribution < 1.29 is 13.3 Å². The molecule has 0 aromatic heterocycles. The Morgan fingerprint density at radius 1 is 0.789 bits per heavy atom. The maximum Gasteiger partial charge on any atom is 0.501 e. The highest BCUT2D eigenvalue weighted by atomic mass is 28.4. The lowest BCUT2D eigenvalue weighted by molar-refractivity contribution is -0.00878. The lowest BCUT2D eigenvalue weighted by Crippen LogP contribution is -2.55. The Bertz CT molecular complexity index is 261. The SMILES string of the molecule is C1CCN(CCC[Si]23OCCN(CCO2)CCO3)C1. The summed E-state index contributed by atoms with van der Waals surface area (Å²) < 4.78 is 18.1. The van der Waals surface area contributed by atoms with Gasteiger partial charge >= 0.3 is 8.80 Å². The van der Waals surface area contributed by atoms with Crippen LogP contribution in [0.2, 0.25) is 6.04 Å².